The Bertz CT molecular complexity index is 856. The number of benzene rings is 2. The van der Waals surface area contributed by atoms with Crippen LogP contribution in [0.4, 0.5) is 0 Å². The van der Waals surface area contributed by atoms with Gasteiger partial charge >= 0.3 is 0 Å². The highest BCUT2D eigenvalue weighted by molar-refractivity contribution is 9.10. The number of carbonyl (C=O) groups excluding carboxylic acids is 2. The molecule has 0 aliphatic heterocycles. The summed E-state index contributed by atoms with van der Waals surface area (Å²) in [5.74, 6) is -0.0228. The molecule has 1 N–H and O–H groups in total. The van der Waals surface area contributed by atoms with Crippen LogP contribution in [0.25, 0.3) is 0 Å². The molecule has 2 aromatic carbocycles. The molecule has 2 rings (SSSR count). The average molecular weight is 500 g/mol. The van der Waals surface area contributed by atoms with Crippen molar-refractivity contribution in [1.29, 1.82) is 0 Å². The van der Waals surface area contributed by atoms with E-state index >= 15 is 0 Å². The Morgan fingerprint density at radius 1 is 1.07 bits per heavy atom. The highest BCUT2D eigenvalue weighted by Crippen LogP contribution is 2.23. The molecular weight excluding hydrogens is 475 g/mol. The Kier molecular flexibility index (Phi) is 9.00. The third-order valence-electron chi connectivity index (χ3n) is 4.47. The van der Waals surface area contributed by atoms with Crippen molar-refractivity contribution in [2.45, 2.75) is 39.8 Å². The van der Waals surface area contributed by atoms with E-state index in [4.69, 9.17) is 23.2 Å². The third kappa shape index (κ3) is 7.32. The standard InChI is InChI=1S/C22H25BrCl2N2O2/c1-14(2)12-26-22(29)15(3)27(13-16-4-7-18(23)8-5-16)21(28)10-17-6-9-19(24)11-20(17)25/h4-9,11,14-15H,10,12-13H2,1-3H3,(H,26,29). The molecule has 2 aromatic rings. The second kappa shape index (κ2) is 11.0. The zero-order valence-corrected chi connectivity index (χ0v) is 19.8. The summed E-state index contributed by atoms with van der Waals surface area (Å²) < 4.78 is 0.954. The van der Waals surface area contributed by atoms with Gasteiger partial charge in [0.1, 0.15) is 6.04 Å². The predicted molar refractivity (Wildman–Crippen MR) is 122 cm³/mol. The zero-order chi connectivity index (χ0) is 21.6. The second-order valence-corrected chi connectivity index (χ2v) is 9.13. The molecule has 0 saturated carbocycles. The maximum atomic E-state index is 13.2. The fraction of sp³-hybridized carbons (Fsp3) is 0.364. The summed E-state index contributed by atoms with van der Waals surface area (Å²) in [6, 6.07) is 12.1. The monoisotopic (exact) mass is 498 g/mol. The molecule has 0 bridgehead atoms. The van der Waals surface area contributed by atoms with Crippen LogP contribution in [0.5, 0.6) is 0 Å². The quantitative estimate of drug-likeness (QED) is 0.522. The molecule has 7 heteroatoms. The van der Waals surface area contributed by atoms with E-state index < -0.39 is 6.04 Å². The van der Waals surface area contributed by atoms with Crippen LogP contribution in [0, 0.1) is 5.92 Å². The first-order chi connectivity index (χ1) is 13.7. The number of rotatable bonds is 8. The van der Waals surface area contributed by atoms with Crippen molar-refractivity contribution in [3.8, 4) is 0 Å². The number of hydrogen-bond acceptors (Lipinski definition) is 2. The highest BCUT2D eigenvalue weighted by Gasteiger charge is 2.26. The fourth-order valence-corrected chi connectivity index (χ4v) is 3.49. The van der Waals surface area contributed by atoms with Gasteiger partial charge < -0.3 is 10.2 Å². The van der Waals surface area contributed by atoms with Crippen molar-refractivity contribution in [1.82, 2.24) is 10.2 Å². The van der Waals surface area contributed by atoms with Gasteiger partial charge in [0.05, 0.1) is 6.42 Å². The van der Waals surface area contributed by atoms with Crippen LogP contribution < -0.4 is 5.32 Å². The van der Waals surface area contributed by atoms with E-state index in [0.29, 0.717) is 34.6 Å². The number of nitrogens with zero attached hydrogens (tertiary/aromatic N) is 1. The predicted octanol–water partition coefficient (Wildman–Crippen LogP) is 5.49. The minimum Gasteiger partial charge on any atom is -0.354 e. The van der Waals surface area contributed by atoms with Crippen LogP contribution in [0.1, 0.15) is 31.9 Å². The van der Waals surface area contributed by atoms with E-state index in [0.717, 1.165) is 10.0 Å². The molecule has 2 amide bonds. The minimum absolute atomic E-state index is 0.0916. The summed E-state index contributed by atoms with van der Waals surface area (Å²) in [5, 5.41) is 3.86. The lowest BCUT2D eigenvalue weighted by atomic mass is 10.1. The Balaban J connectivity index is 2.23. The molecule has 156 valence electrons. The van der Waals surface area contributed by atoms with Gasteiger partial charge in [-0.3, -0.25) is 9.59 Å². The van der Waals surface area contributed by atoms with Gasteiger partial charge in [0.25, 0.3) is 0 Å². The van der Waals surface area contributed by atoms with E-state index in [1.807, 2.05) is 38.1 Å². The molecule has 0 aromatic heterocycles. The maximum absolute atomic E-state index is 13.2. The van der Waals surface area contributed by atoms with E-state index in [-0.39, 0.29) is 18.2 Å². The summed E-state index contributed by atoms with van der Waals surface area (Å²) in [5.41, 5.74) is 1.61. The molecule has 29 heavy (non-hydrogen) atoms. The van der Waals surface area contributed by atoms with E-state index in [1.165, 1.54) is 0 Å². The van der Waals surface area contributed by atoms with Gasteiger partial charge in [-0.2, -0.15) is 0 Å². The van der Waals surface area contributed by atoms with Crippen LogP contribution in [0.2, 0.25) is 10.0 Å². The Morgan fingerprint density at radius 3 is 2.31 bits per heavy atom. The molecular formula is C22H25BrCl2N2O2. The first-order valence-corrected chi connectivity index (χ1v) is 11.0. The molecule has 0 aliphatic rings. The molecule has 0 radical (unpaired) electrons. The van der Waals surface area contributed by atoms with Crippen molar-refractivity contribution in [3.63, 3.8) is 0 Å². The number of halogens is 3. The van der Waals surface area contributed by atoms with Gasteiger partial charge in [0, 0.05) is 27.6 Å². The van der Waals surface area contributed by atoms with Crippen LogP contribution in [-0.2, 0) is 22.6 Å². The molecule has 4 nitrogen and oxygen atoms in total. The summed E-state index contributed by atoms with van der Waals surface area (Å²) in [4.78, 5) is 27.4. The largest absolute Gasteiger partial charge is 0.354 e. The molecule has 0 fully saturated rings. The van der Waals surface area contributed by atoms with E-state index in [2.05, 4.69) is 21.2 Å². The third-order valence-corrected chi connectivity index (χ3v) is 5.59. The summed E-state index contributed by atoms with van der Waals surface area (Å²) in [6.45, 7) is 6.69. The average Bonchev–Trinajstić information content (AvgIpc) is 2.67. The minimum atomic E-state index is -0.615. The molecule has 1 unspecified atom stereocenters. The number of nitrogens with one attached hydrogen (secondary N) is 1. The van der Waals surface area contributed by atoms with Crippen LogP contribution >= 0.6 is 39.1 Å². The number of carbonyl (C=O) groups is 2. The molecule has 0 spiro atoms. The first kappa shape index (κ1) is 23.7. The molecule has 0 saturated heterocycles. The van der Waals surface area contributed by atoms with E-state index in [9.17, 15) is 9.59 Å². The second-order valence-electron chi connectivity index (χ2n) is 7.38. The highest BCUT2D eigenvalue weighted by atomic mass is 79.9. The van der Waals surface area contributed by atoms with Gasteiger partial charge in [-0.15, -0.1) is 0 Å². The zero-order valence-electron chi connectivity index (χ0n) is 16.7. The lowest BCUT2D eigenvalue weighted by molar-refractivity contribution is -0.140. The van der Waals surface area contributed by atoms with Crippen molar-refractivity contribution < 1.29 is 9.59 Å². The van der Waals surface area contributed by atoms with Gasteiger partial charge in [0.15, 0.2) is 0 Å². The summed E-state index contributed by atoms with van der Waals surface area (Å²) in [7, 11) is 0. The molecule has 1 atom stereocenters. The smallest absolute Gasteiger partial charge is 0.242 e. The normalized spacial score (nSPS) is 12.0. The van der Waals surface area contributed by atoms with Gasteiger partial charge in [-0.25, -0.2) is 0 Å². The maximum Gasteiger partial charge on any atom is 0.242 e. The summed E-state index contributed by atoms with van der Waals surface area (Å²) in [6.07, 6.45) is 0.0916. The van der Waals surface area contributed by atoms with E-state index in [1.54, 1.807) is 30.0 Å². The molecule has 0 aliphatic carbocycles. The molecule has 0 heterocycles. The Morgan fingerprint density at radius 2 is 1.72 bits per heavy atom. The van der Waals surface area contributed by atoms with Gasteiger partial charge in [-0.1, -0.05) is 71.2 Å². The van der Waals surface area contributed by atoms with Crippen molar-refractivity contribution >= 4 is 50.9 Å². The fourth-order valence-electron chi connectivity index (χ4n) is 2.75. The lowest BCUT2D eigenvalue weighted by Gasteiger charge is -2.29. The van der Waals surface area contributed by atoms with Crippen LogP contribution in [0.15, 0.2) is 46.9 Å². The SMILES string of the molecule is CC(C)CNC(=O)C(C)N(Cc1ccc(Br)cc1)C(=O)Cc1ccc(Cl)cc1Cl. The van der Waals surface area contributed by atoms with Gasteiger partial charge in [-0.05, 0) is 48.2 Å². The number of hydrogen-bond donors (Lipinski definition) is 1. The topological polar surface area (TPSA) is 49.4 Å². The van der Waals surface area contributed by atoms with Crippen molar-refractivity contribution in [3.05, 3.63) is 68.1 Å². The van der Waals surface area contributed by atoms with Crippen molar-refractivity contribution in [2.24, 2.45) is 5.92 Å². The van der Waals surface area contributed by atoms with Crippen LogP contribution in [0.3, 0.4) is 0 Å². The summed E-state index contributed by atoms with van der Waals surface area (Å²) >= 11 is 15.6. The lowest BCUT2D eigenvalue weighted by Crippen LogP contribution is -2.48. The first-order valence-electron chi connectivity index (χ1n) is 9.43. The Hall–Kier alpha value is -1.56. The van der Waals surface area contributed by atoms with Crippen molar-refractivity contribution in [2.75, 3.05) is 6.54 Å². The Labute approximate surface area is 190 Å². The van der Waals surface area contributed by atoms with Gasteiger partial charge in [0.2, 0.25) is 11.8 Å². The van der Waals surface area contributed by atoms with Crippen LogP contribution in [-0.4, -0.2) is 29.3 Å². The number of amides is 2.